The van der Waals surface area contributed by atoms with E-state index in [0.29, 0.717) is 36.0 Å². The Hall–Kier alpha value is -4.74. The van der Waals surface area contributed by atoms with E-state index >= 15 is 0 Å². The normalized spacial score (nSPS) is 27.6. The quantitative estimate of drug-likeness (QED) is 0.263. The van der Waals surface area contributed by atoms with Crippen molar-refractivity contribution in [2.24, 2.45) is 11.8 Å². The number of aliphatic hydroxyl groups excluding tert-OH is 1. The minimum absolute atomic E-state index is 0.0238. The number of ether oxygens (including phenoxy) is 3. The summed E-state index contributed by atoms with van der Waals surface area (Å²) in [6.07, 6.45) is 6.30. The van der Waals surface area contributed by atoms with Crippen molar-refractivity contribution in [2.75, 3.05) is 21.3 Å². The van der Waals surface area contributed by atoms with E-state index in [4.69, 9.17) is 14.2 Å². The van der Waals surface area contributed by atoms with Crippen molar-refractivity contribution in [3.8, 4) is 11.5 Å². The molecule has 0 saturated heterocycles. The van der Waals surface area contributed by atoms with Crippen LogP contribution in [0.1, 0.15) is 71.1 Å². The van der Waals surface area contributed by atoms with Crippen molar-refractivity contribution >= 4 is 23.6 Å². The number of likely N-dealkylation sites (N-methyl/N-ethyl adjacent to an activating group) is 1. The molecule has 0 radical (unpaired) electrons. The summed E-state index contributed by atoms with van der Waals surface area (Å²) in [6, 6.07) is 11.1. The fraction of sp³-hybridized carbons (Fsp3) is 0.463. The van der Waals surface area contributed by atoms with Gasteiger partial charge in [0.2, 0.25) is 11.8 Å². The lowest BCUT2D eigenvalue weighted by Gasteiger charge is -2.32. The first-order valence-corrected chi connectivity index (χ1v) is 17.6. The standard InChI is InChI=1S/C41H54N2O9/c1-25(2)36-41(49)52-38(30-17-10-9-11-18-30)33(45)19-14-16-26(3)34(50-7)20-13-12-15-27(4)37(46)28(5)40(48)43(6)31(39(47)42-36)23-29-21-22-32(44)35(24-29)51-8/h9-11,14-19,21-22,24-25,28,31,33-34,36,38,44-45H,12-13,20,23H2,1-8H3,(H,42,47)/b19-14+,26-16+,27-15+/t28?,31-,33-,34?,36+,38-/m1/s1. The highest BCUT2D eigenvalue weighted by Crippen LogP contribution is 2.28. The number of esters is 1. The first-order valence-electron chi connectivity index (χ1n) is 17.6. The number of phenolic OH excluding ortho intramolecular Hbond substituents is 1. The molecule has 1 aliphatic rings. The maximum Gasteiger partial charge on any atom is 0.329 e. The molecule has 2 aromatic rings. The molecule has 0 saturated carbocycles. The van der Waals surface area contributed by atoms with E-state index in [1.807, 2.05) is 25.1 Å². The topological polar surface area (TPSA) is 152 Å². The lowest BCUT2D eigenvalue weighted by atomic mass is 9.95. The molecule has 0 bridgehead atoms. The number of aromatic hydroxyl groups is 1. The Kier molecular flexibility index (Phi) is 15.8. The molecule has 1 heterocycles. The third kappa shape index (κ3) is 11.1. The van der Waals surface area contributed by atoms with E-state index in [1.54, 1.807) is 70.4 Å². The maximum absolute atomic E-state index is 14.2. The number of Topliss-reactive ketones (excluding diaryl/α,β-unsaturated/α-hetero) is 1. The summed E-state index contributed by atoms with van der Waals surface area (Å²) in [7, 11) is 4.47. The van der Waals surface area contributed by atoms with Gasteiger partial charge < -0.3 is 34.6 Å². The molecule has 0 aromatic heterocycles. The highest BCUT2D eigenvalue weighted by Gasteiger charge is 2.37. The molecule has 3 N–H and O–H groups in total. The Morgan fingerprint density at radius 3 is 2.37 bits per heavy atom. The summed E-state index contributed by atoms with van der Waals surface area (Å²) < 4.78 is 16.9. The third-order valence-electron chi connectivity index (χ3n) is 9.42. The molecule has 2 aromatic carbocycles. The number of hydrogen-bond acceptors (Lipinski definition) is 9. The van der Waals surface area contributed by atoms with Crippen LogP contribution in [0, 0.1) is 11.8 Å². The van der Waals surface area contributed by atoms with Crippen molar-refractivity contribution in [3.05, 3.63) is 95.1 Å². The van der Waals surface area contributed by atoms with Crippen LogP contribution in [0.4, 0.5) is 0 Å². The van der Waals surface area contributed by atoms with Gasteiger partial charge in [0.1, 0.15) is 18.2 Å². The number of methoxy groups -OCH3 is 2. The number of aliphatic hydroxyl groups is 1. The van der Waals surface area contributed by atoms with Crippen LogP contribution in [-0.4, -0.2) is 84.2 Å². The molecular weight excluding hydrogens is 664 g/mol. The Labute approximate surface area is 307 Å². The molecule has 6 atom stereocenters. The van der Waals surface area contributed by atoms with Gasteiger partial charge in [-0.1, -0.05) is 74.5 Å². The fourth-order valence-electron chi connectivity index (χ4n) is 6.10. The molecule has 282 valence electrons. The second kappa shape index (κ2) is 19.8. The minimum Gasteiger partial charge on any atom is -0.504 e. The average Bonchev–Trinajstić information content (AvgIpc) is 3.13. The number of hydrogen-bond donors (Lipinski definition) is 3. The van der Waals surface area contributed by atoms with Gasteiger partial charge in [-0.05, 0) is 80.4 Å². The van der Waals surface area contributed by atoms with Crippen LogP contribution in [0.25, 0.3) is 0 Å². The van der Waals surface area contributed by atoms with Gasteiger partial charge in [-0.15, -0.1) is 0 Å². The molecule has 0 spiro atoms. The molecule has 11 nitrogen and oxygen atoms in total. The average molecular weight is 719 g/mol. The zero-order chi connectivity index (χ0) is 38.5. The van der Waals surface area contributed by atoms with E-state index in [-0.39, 0.29) is 29.8 Å². The van der Waals surface area contributed by atoms with Gasteiger partial charge in [-0.2, -0.15) is 0 Å². The van der Waals surface area contributed by atoms with E-state index in [2.05, 4.69) is 5.32 Å². The van der Waals surface area contributed by atoms with Gasteiger partial charge in [0.25, 0.3) is 0 Å². The zero-order valence-corrected chi connectivity index (χ0v) is 31.5. The number of carbonyl (C=O) groups excluding carboxylic acids is 4. The third-order valence-corrected chi connectivity index (χ3v) is 9.42. The summed E-state index contributed by atoms with van der Waals surface area (Å²) in [5, 5.41) is 24.3. The predicted octanol–water partition coefficient (Wildman–Crippen LogP) is 5.41. The molecule has 52 heavy (non-hydrogen) atoms. The number of amides is 2. The number of nitrogens with one attached hydrogen (secondary N) is 1. The van der Waals surface area contributed by atoms with Crippen LogP contribution >= 0.6 is 0 Å². The number of allylic oxidation sites excluding steroid dienone is 4. The van der Waals surface area contributed by atoms with Crippen molar-refractivity contribution in [2.45, 2.75) is 90.7 Å². The summed E-state index contributed by atoms with van der Waals surface area (Å²) in [5.41, 5.74) is 2.48. The first-order chi connectivity index (χ1) is 24.7. The first kappa shape index (κ1) is 41.7. The number of cyclic esters (lactones) is 1. The second-order valence-corrected chi connectivity index (χ2v) is 13.6. The Morgan fingerprint density at radius 2 is 1.73 bits per heavy atom. The summed E-state index contributed by atoms with van der Waals surface area (Å²) in [4.78, 5) is 56.7. The van der Waals surface area contributed by atoms with E-state index < -0.39 is 53.9 Å². The molecule has 0 aliphatic carbocycles. The van der Waals surface area contributed by atoms with Gasteiger partial charge in [-0.25, -0.2) is 4.79 Å². The number of phenols is 1. The molecule has 3 rings (SSSR count). The van der Waals surface area contributed by atoms with E-state index in [9.17, 15) is 29.4 Å². The number of carbonyl (C=O) groups is 4. The molecule has 2 amide bonds. The summed E-state index contributed by atoms with van der Waals surface area (Å²) in [5.74, 6) is -3.82. The maximum atomic E-state index is 14.2. The van der Waals surface area contributed by atoms with Crippen LogP contribution in [0.3, 0.4) is 0 Å². The van der Waals surface area contributed by atoms with E-state index in [1.165, 1.54) is 38.1 Å². The number of nitrogens with zero attached hydrogens (tertiary/aromatic N) is 1. The fourth-order valence-corrected chi connectivity index (χ4v) is 6.10. The molecular formula is C41H54N2O9. The lowest BCUT2D eigenvalue weighted by Crippen LogP contribution is -2.55. The number of rotatable bonds is 6. The molecule has 11 heteroatoms. The van der Waals surface area contributed by atoms with Crippen molar-refractivity contribution < 1.29 is 43.6 Å². The predicted molar refractivity (Wildman–Crippen MR) is 198 cm³/mol. The highest BCUT2D eigenvalue weighted by atomic mass is 16.6. The van der Waals surface area contributed by atoms with Crippen LogP contribution in [0.2, 0.25) is 0 Å². The Bertz CT molecular complexity index is 1630. The largest absolute Gasteiger partial charge is 0.504 e. The monoisotopic (exact) mass is 718 g/mol. The molecule has 2 unspecified atom stereocenters. The van der Waals surface area contributed by atoms with Gasteiger partial charge >= 0.3 is 5.97 Å². The zero-order valence-electron chi connectivity index (χ0n) is 31.5. The Morgan fingerprint density at radius 1 is 1.04 bits per heavy atom. The van der Waals surface area contributed by atoms with Crippen LogP contribution < -0.4 is 10.1 Å². The second-order valence-electron chi connectivity index (χ2n) is 13.6. The van der Waals surface area contributed by atoms with Gasteiger partial charge in [0, 0.05) is 20.6 Å². The summed E-state index contributed by atoms with van der Waals surface area (Å²) >= 11 is 0. The highest BCUT2D eigenvalue weighted by molar-refractivity contribution is 6.09. The SMILES string of the molecule is COc1cc(C[C@@H]2C(=O)N[C@@H](C(C)C)C(=O)O[C@H](c3ccccc3)[C@H](O)/C=C/C=C(\C)C(OC)CCC/C=C(\C)C(=O)C(C)C(=O)N2C)ccc1O. The van der Waals surface area contributed by atoms with Gasteiger partial charge in [0.05, 0.1) is 19.1 Å². The van der Waals surface area contributed by atoms with Crippen LogP contribution in [-0.2, 0) is 35.1 Å². The smallest absolute Gasteiger partial charge is 0.329 e. The molecule has 1 aliphatic heterocycles. The lowest BCUT2D eigenvalue weighted by molar-refractivity contribution is -0.159. The van der Waals surface area contributed by atoms with Gasteiger partial charge in [0.15, 0.2) is 23.4 Å². The summed E-state index contributed by atoms with van der Waals surface area (Å²) in [6.45, 7) is 8.60. The van der Waals surface area contributed by atoms with Crippen molar-refractivity contribution in [3.63, 3.8) is 0 Å². The van der Waals surface area contributed by atoms with Crippen LogP contribution in [0.5, 0.6) is 11.5 Å². The van der Waals surface area contributed by atoms with E-state index in [0.717, 1.165) is 5.57 Å². The van der Waals surface area contributed by atoms with Gasteiger partial charge in [-0.3, -0.25) is 14.4 Å². The van der Waals surface area contributed by atoms with Crippen molar-refractivity contribution in [1.82, 2.24) is 10.2 Å². The Balaban J connectivity index is 2.10. The number of benzene rings is 2. The van der Waals surface area contributed by atoms with Crippen molar-refractivity contribution in [1.29, 1.82) is 0 Å². The van der Waals surface area contributed by atoms with Crippen LogP contribution in [0.15, 0.2) is 84.0 Å². The number of ketones is 1. The minimum atomic E-state index is -1.23. The molecule has 0 fully saturated rings.